The van der Waals surface area contributed by atoms with Crippen molar-refractivity contribution in [3.8, 4) is 0 Å². The summed E-state index contributed by atoms with van der Waals surface area (Å²) in [5, 5.41) is 4.92. The van der Waals surface area contributed by atoms with E-state index in [0.717, 1.165) is 24.4 Å². The van der Waals surface area contributed by atoms with Gasteiger partial charge in [0.25, 0.3) is 0 Å². The van der Waals surface area contributed by atoms with Crippen molar-refractivity contribution in [3.05, 3.63) is 126 Å². The van der Waals surface area contributed by atoms with E-state index in [2.05, 4.69) is 124 Å². The van der Waals surface area contributed by atoms with E-state index in [1.165, 1.54) is 43.7 Å². The summed E-state index contributed by atoms with van der Waals surface area (Å²) in [4.78, 5) is 5.37. The Morgan fingerprint density at radius 1 is 0.441 bits per heavy atom. The van der Waals surface area contributed by atoms with Crippen LogP contribution in [0.3, 0.4) is 0 Å². The van der Waals surface area contributed by atoms with E-state index >= 15 is 0 Å². The van der Waals surface area contributed by atoms with Crippen molar-refractivity contribution in [1.82, 2.24) is 14.1 Å². The van der Waals surface area contributed by atoms with Gasteiger partial charge < -0.3 is 9.13 Å². The molecule has 4 aromatic carbocycles. The molecule has 3 heteroatoms. The first-order valence-corrected chi connectivity index (χ1v) is 11.7. The maximum absolute atomic E-state index is 5.37. The van der Waals surface area contributed by atoms with E-state index in [4.69, 9.17) is 4.98 Å². The average molecular weight is 438 g/mol. The van der Waals surface area contributed by atoms with Gasteiger partial charge >= 0.3 is 0 Å². The molecule has 3 nitrogen and oxygen atoms in total. The van der Waals surface area contributed by atoms with Crippen molar-refractivity contribution in [2.75, 3.05) is 0 Å². The number of rotatable bonds is 4. The predicted molar refractivity (Wildman–Crippen MR) is 141 cm³/mol. The molecule has 0 spiro atoms. The van der Waals surface area contributed by atoms with Crippen LogP contribution in [0.1, 0.15) is 11.1 Å². The van der Waals surface area contributed by atoms with Gasteiger partial charge in [-0.25, -0.2) is 4.98 Å². The maximum atomic E-state index is 5.37. The van der Waals surface area contributed by atoms with Crippen molar-refractivity contribution in [3.63, 3.8) is 0 Å². The van der Waals surface area contributed by atoms with Gasteiger partial charge in [0, 0.05) is 34.6 Å². The third kappa shape index (κ3) is 2.94. The minimum absolute atomic E-state index is 0.794. The number of hydrogen-bond acceptors (Lipinski definition) is 1. The standard InChI is InChI=1S/C31H23N3/c1-3-11-22(12-4-1)20-33-28-17-9-7-15-24(28)26-19-27-25-16-8-10-18-29(25)34(31(27)32-30(26)33)21-23-13-5-2-6-14-23/h1-19H,20-21H2. The number of benzene rings is 4. The Bertz CT molecular complexity index is 1660. The third-order valence-corrected chi connectivity index (χ3v) is 6.83. The predicted octanol–water partition coefficient (Wildman–Crippen LogP) is 7.39. The Morgan fingerprint density at radius 3 is 1.32 bits per heavy atom. The highest BCUT2D eigenvalue weighted by Crippen LogP contribution is 2.35. The molecule has 0 N–H and O–H groups in total. The molecule has 162 valence electrons. The maximum Gasteiger partial charge on any atom is 0.143 e. The Kier molecular flexibility index (Phi) is 4.28. The first-order chi connectivity index (χ1) is 16.9. The van der Waals surface area contributed by atoms with Gasteiger partial charge in [0.1, 0.15) is 11.3 Å². The summed E-state index contributed by atoms with van der Waals surface area (Å²) in [5.41, 5.74) is 7.07. The van der Waals surface area contributed by atoms with E-state index in [9.17, 15) is 0 Å². The van der Waals surface area contributed by atoms with Crippen LogP contribution in [0.2, 0.25) is 0 Å². The summed E-state index contributed by atoms with van der Waals surface area (Å²) >= 11 is 0. The van der Waals surface area contributed by atoms with Crippen LogP contribution in [0.15, 0.2) is 115 Å². The van der Waals surface area contributed by atoms with Crippen LogP contribution in [0, 0.1) is 0 Å². The normalized spacial score (nSPS) is 11.8. The Hall–Kier alpha value is -4.37. The van der Waals surface area contributed by atoms with Crippen molar-refractivity contribution in [2.24, 2.45) is 0 Å². The Balaban J connectivity index is 1.55. The molecule has 7 rings (SSSR count). The molecule has 0 bridgehead atoms. The second kappa shape index (κ2) is 7.60. The molecule has 0 atom stereocenters. The van der Waals surface area contributed by atoms with E-state index in [1.54, 1.807) is 0 Å². The number of pyridine rings is 1. The van der Waals surface area contributed by atoms with Crippen molar-refractivity contribution in [1.29, 1.82) is 0 Å². The second-order valence-electron chi connectivity index (χ2n) is 8.91. The van der Waals surface area contributed by atoms with Gasteiger partial charge in [-0.15, -0.1) is 0 Å². The summed E-state index contributed by atoms with van der Waals surface area (Å²) < 4.78 is 4.73. The van der Waals surface area contributed by atoms with Gasteiger partial charge in [-0.1, -0.05) is 97.1 Å². The first kappa shape index (κ1) is 19.1. The molecule has 0 radical (unpaired) electrons. The molecular weight excluding hydrogens is 414 g/mol. The first-order valence-electron chi connectivity index (χ1n) is 11.7. The fourth-order valence-electron chi connectivity index (χ4n) is 5.26. The molecule has 0 saturated heterocycles. The molecule has 0 aliphatic heterocycles. The van der Waals surface area contributed by atoms with Crippen LogP contribution in [0.4, 0.5) is 0 Å². The van der Waals surface area contributed by atoms with Gasteiger partial charge in [-0.3, -0.25) is 0 Å². The van der Waals surface area contributed by atoms with Gasteiger partial charge in [0.05, 0.1) is 11.0 Å². The fourth-order valence-corrected chi connectivity index (χ4v) is 5.26. The van der Waals surface area contributed by atoms with Crippen molar-refractivity contribution < 1.29 is 0 Å². The number of para-hydroxylation sites is 2. The summed E-state index contributed by atoms with van der Waals surface area (Å²) in [6, 6.07) is 41.0. The van der Waals surface area contributed by atoms with Crippen LogP contribution in [-0.4, -0.2) is 14.1 Å². The molecule has 3 aromatic heterocycles. The molecule has 0 fully saturated rings. The zero-order chi connectivity index (χ0) is 22.5. The lowest BCUT2D eigenvalue weighted by Crippen LogP contribution is -2.03. The van der Waals surface area contributed by atoms with Crippen LogP contribution in [0.5, 0.6) is 0 Å². The minimum atomic E-state index is 0.794. The third-order valence-electron chi connectivity index (χ3n) is 6.83. The number of nitrogens with zero attached hydrogens (tertiary/aromatic N) is 3. The molecule has 34 heavy (non-hydrogen) atoms. The van der Waals surface area contributed by atoms with E-state index in [1.807, 2.05) is 0 Å². The molecule has 0 unspecified atom stereocenters. The van der Waals surface area contributed by atoms with Crippen LogP contribution in [0.25, 0.3) is 43.9 Å². The molecule has 0 amide bonds. The quantitative estimate of drug-likeness (QED) is 0.281. The fraction of sp³-hybridized carbons (Fsp3) is 0.0645. The lowest BCUT2D eigenvalue weighted by molar-refractivity contribution is 0.840. The van der Waals surface area contributed by atoms with Crippen molar-refractivity contribution in [2.45, 2.75) is 13.1 Å². The topological polar surface area (TPSA) is 22.8 Å². The van der Waals surface area contributed by atoms with Gasteiger partial charge in [-0.05, 0) is 29.3 Å². The smallest absolute Gasteiger partial charge is 0.143 e. The lowest BCUT2D eigenvalue weighted by atomic mass is 10.1. The molecule has 0 aliphatic rings. The Labute approximate surface area is 197 Å². The Morgan fingerprint density at radius 2 is 0.853 bits per heavy atom. The molecule has 7 aromatic rings. The van der Waals surface area contributed by atoms with Gasteiger partial charge in [-0.2, -0.15) is 0 Å². The van der Waals surface area contributed by atoms with E-state index in [0.29, 0.717) is 0 Å². The zero-order valence-corrected chi connectivity index (χ0v) is 18.7. The summed E-state index contributed by atoms with van der Waals surface area (Å²) in [6.07, 6.45) is 0. The number of aromatic nitrogens is 3. The van der Waals surface area contributed by atoms with Crippen LogP contribution in [-0.2, 0) is 13.1 Å². The van der Waals surface area contributed by atoms with Gasteiger partial charge in [0.15, 0.2) is 0 Å². The second-order valence-corrected chi connectivity index (χ2v) is 8.91. The van der Waals surface area contributed by atoms with Gasteiger partial charge in [0.2, 0.25) is 0 Å². The minimum Gasteiger partial charge on any atom is -0.321 e. The highest BCUT2D eigenvalue weighted by atomic mass is 15.1. The van der Waals surface area contributed by atoms with Crippen LogP contribution >= 0.6 is 0 Å². The monoisotopic (exact) mass is 437 g/mol. The molecular formula is C31H23N3. The summed E-state index contributed by atoms with van der Waals surface area (Å²) in [6.45, 7) is 1.59. The molecule has 0 saturated carbocycles. The highest BCUT2D eigenvalue weighted by molar-refractivity contribution is 6.15. The molecule has 0 aliphatic carbocycles. The SMILES string of the molecule is c1ccc(Cn2c3ccccc3c3cc4c5ccccc5n(Cc5ccccc5)c4nc32)cc1. The lowest BCUT2D eigenvalue weighted by Gasteiger charge is -2.09. The van der Waals surface area contributed by atoms with E-state index < -0.39 is 0 Å². The summed E-state index contributed by atoms with van der Waals surface area (Å²) in [5.74, 6) is 0. The number of hydrogen-bond donors (Lipinski definition) is 0. The van der Waals surface area contributed by atoms with E-state index in [-0.39, 0.29) is 0 Å². The van der Waals surface area contributed by atoms with Crippen LogP contribution < -0.4 is 0 Å². The molecule has 3 heterocycles. The zero-order valence-electron chi connectivity index (χ0n) is 18.7. The number of fused-ring (bicyclic) bond motifs is 6. The average Bonchev–Trinajstić information content (AvgIpc) is 3.37. The largest absolute Gasteiger partial charge is 0.321 e. The highest BCUT2D eigenvalue weighted by Gasteiger charge is 2.18. The summed E-state index contributed by atoms with van der Waals surface area (Å²) in [7, 11) is 0. The van der Waals surface area contributed by atoms with Crippen molar-refractivity contribution >= 4 is 43.9 Å².